The summed E-state index contributed by atoms with van der Waals surface area (Å²) in [5, 5.41) is 23.1. The maximum atomic E-state index is 14.5. The van der Waals surface area contributed by atoms with Gasteiger partial charge in [0.25, 0.3) is 5.91 Å². The monoisotopic (exact) mass is 650 g/mol. The molecular weight excluding hydrogens is 604 g/mol. The number of aromatic nitrogens is 3. The number of piperazine rings is 1. The Hall–Kier alpha value is -3.31. The minimum atomic E-state index is -1.21. The SMILES string of the molecule is C.Cc1cn(CC2(O)CCCN(C(=O)[C@H]3CN([C@@H]4c5ccc(Cl)cc5CCc5cccnc54)CCN3C(=O)C(O)C(C)C)C2)cn1. The zero-order chi connectivity index (χ0) is 31.9. The van der Waals surface area contributed by atoms with E-state index >= 15 is 0 Å². The second-order valence-electron chi connectivity index (χ2n) is 13.3. The number of piperidine rings is 1. The van der Waals surface area contributed by atoms with Crippen LogP contribution in [0.25, 0.3) is 0 Å². The molecule has 3 aromatic rings. The fourth-order valence-corrected chi connectivity index (χ4v) is 7.45. The van der Waals surface area contributed by atoms with Gasteiger partial charge in [0.05, 0.1) is 36.8 Å². The summed E-state index contributed by atoms with van der Waals surface area (Å²) >= 11 is 6.44. The number of likely N-dealkylation sites (tertiary alicyclic amines) is 1. The molecule has 4 heterocycles. The number of aryl methyl sites for hydroxylation is 3. The van der Waals surface area contributed by atoms with Crippen molar-refractivity contribution in [1.82, 2.24) is 29.2 Å². The highest BCUT2D eigenvalue weighted by Crippen LogP contribution is 2.38. The number of benzene rings is 1. The van der Waals surface area contributed by atoms with Crippen LogP contribution < -0.4 is 0 Å². The third kappa shape index (κ3) is 6.86. The molecule has 6 rings (SSSR count). The van der Waals surface area contributed by atoms with Gasteiger partial charge < -0.3 is 24.6 Å². The molecule has 2 fully saturated rings. The first-order valence-corrected chi connectivity index (χ1v) is 16.3. The molecule has 2 saturated heterocycles. The molecule has 0 bridgehead atoms. The summed E-state index contributed by atoms with van der Waals surface area (Å²) in [6, 6.07) is 9.00. The highest BCUT2D eigenvalue weighted by Gasteiger charge is 2.45. The van der Waals surface area contributed by atoms with Crippen molar-refractivity contribution in [2.24, 2.45) is 5.92 Å². The number of hydrogen-bond donors (Lipinski definition) is 2. The predicted octanol–water partition coefficient (Wildman–Crippen LogP) is 3.65. The Morgan fingerprint density at radius 1 is 1.11 bits per heavy atom. The lowest BCUT2D eigenvalue weighted by molar-refractivity contribution is -0.159. The number of aliphatic hydroxyl groups is 2. The topological polar surface area (TPSA) is 115 Å². The number of carbonyl (C=O) groups is 2. The number of aliphatic hydroxyl groups excluding tert-OH is 1. The molecule has 2 amide bonds. The summed E-state index contributed by atoms with van der Waals surface area (Å²) < 4.78 is 1.86. The van der Waals surface area contributed by atoms with Gasteiger partial charge >= 0.3 is 0 Å². The lowest BCUT2D eigenvalue weighted by Gasteiger charge is -2.47. The molecule has 248 valence electrons. The van der Waals surface area contributed by atoms with Crippen molar-refractivity contribution in [3.8, 4) is 0 Å². The van der Waals surface area contributed by atoms with Crippen LogP contribution in [0.1, 0.15) is 68.2 Å². The number of carbonyl (C=O) groups excluding carboxylic acids is 2. The zero-order valence-electron chi connectivity index (χ0n) is 26.3. The summed E-state index contributed by atoms with van der Waals surface area (Å²) in [5.74, 6) is -0.939. The highest BCUT2D eigenvalue weighted by molar-refractivity contribution is 6.30. The molecular formula is C35H47ClN6O4. The summed E-state index contributed by atoms with van der Waals surface area (Å²) in [6.07, 6.45) is 7.04. The number of imidazole rings is 1. The van der Waals surface area contributed by atoms with E-state index in [1.165, 1.54) is 0 Å². The van der Waals surface area contributed by atoms with Crippen LogP contribution in [-0.2, 0) is 29.0 Å². The number of nitrogens with zero attached hydrogens (tertiary/aromatic N) is 6. The van der Waals surface area contributed by atoms with Crippen LogP contribution in [-0.4, -0.2) is 102 Å². The first-order valence-electron chi connectivity index (χ1n) is 16.0. The average molecular weight is 651 g/mol. The fraction of sp³-hybridized carbons (Fsp3) is 0.543. The normalized spacial score (nSPS) is 24.1. The molecule has 2 N–H and O–H groups in total. The standard InChI is InChI=1S/C34H43ClN6O4.CH4/c1-22(2)31(42)33(44)41-15-14-39(30-27-10-9-26(35)16-25(27)8-7-24-6-4-12-36-29(24)30)18-28(41)32(43)40-13-5-11-34(45,20-40)19-38-17-23(3)37-21-38;/h4,6,9-10,12,16-17,21-22,28,30-31,42,45H,5,7-8,11,13-15,18-20H2,1-3H3;1H4/t28-,30-,31?,34?;/m1./s1. The van der Waals surface area contributed by atoms with Crippen LogP contribution in [0.4, 0.5) is 0 Å². The Balaban J connectivity index is 0.00000417. The number of β-amino-alcohol motifs (C(OH)–C–C–N with tert-alkyl or cyclic N) is 1. The molecule has 10 nitrogen and oxygen atoms in total. The van der Waals surface area contributed by atoms with Gasteiger partial charge in [-0.15, -0.1) is 0 Å². The first-order chi connectivity index (χ1) is 21.5. The lowest BCUT2D eigenvalue weighted by atomic mass is 9.91. The van der Waals surface area contributed by atoms with Crippen molar-refractivity contribution < 1.29 is 19.8 Å². The molecule has 46 heavy (non-hydrogen) atoms. The van der Waals surface area contributed by atoms with E-state index in [0.717, 1.165) is 40.9 Å². The smallest absolute Gasteiger partial charge is 0.252 e. The van der Waals surface area contributed by atoms with E-state index < -0.39 is 23.7 Å². The van der Waals surface area contributed by atoms with Crippen molar-refractivity contribution in [1.29, 1.82) is 0 Å². The minimum Gasteiger partial charge on any atom is -0.386 e. The number of pyridine rings is 1. The summed E-state index contributed by atoms with van der Waals surface area (Å²) in [7, 11) is 0. The van der Waals surface area contributed by atoms with Crippen molar-refractivity contribution in [2.45, 2.75) is 84.2 Å². The van der Waals surface area contributed by atoms with Crippen LogP contribution in [0.5, 0.6) is 0 Å². The van der Waals surface area contributed by atoms with E-state index in [2.05, 4.69) is 22.0 Å². The van der Waals surface area contributed by atoms with Gasteiger partial charge in [-0.3, -0.25) is 19.5 Å². The number of halogens is 1. The van der Waals surface area contributed by atoms with Crippen LogP contribution in [0, 0.1) is 12.8 Å². The van der Waals surface area contributed by atoms with Gasteiger partial charge in [0.15, 0.2) is 0 Å². The van der Waals surface area contributed by atoms with Crippen molar-refractivity contribution in [3.05, 3.63) is 82.2 Å². The van der Waals surface area contributed by atoms with Crippen LogP contribution >= 0.6 is 11.6 Å². The molecule has 3 aliphatic rings. The van der Waals surface area contributed by atoms with Crippen molar-refractivity contribution in [2.75, 3.05) is 32.7 Å². The number of amides is 2. The second-order valence-corrected chi connectivity index (χ2v) is 13.7. The van der Waals surface area contributed by atoms with E-state index in [0.29, 0.717) is 37.5 Å². The number of hydrogen-bond acceptors (Lipinski definition) is 7. The van der Waals surface area contributed by atoms with Crippen LogP contribution in [0.2, 0.25) is 5.02 Å². The van der Waals surface area contributed by atoms with Gasteiger partial charge in [-0.1, -0.05) is 45.0 Å². The van der Waals surface area contributed by atoms with Crippen LogP contribution in [0.3, 0.4) is 0 Å². The molecule has 2 unspecified atom stereocenters. The first kappa shape index (κ1) is 34.0. The fourth-order valence-electron chi connectivity index (χ4n) is 7.26. The largest absolute Gasteiger partial charge is 0.386 e. The highest BCUT2D eigenvalue weighted by atomic mass is 35.5. The van der Waals surface area contributed by atoms with Gasteiger partial charge in [-0.25, -0.2) is 4.98 Å². The number of rotatable bonds is 6. The number of fused-ring (bicyclic) bond motifs is 2. The molecule has 0 radical (unpaired) electrons. The Bertz CT molecular complexity index is 1560. The molecule has 0 saturated carbocycles. The third-order valence-electron chi connectivity index (χ3n) is 9.58. The van der Waals surface area contributed by atoms with Crippen molar-refractivity contribution >= 4 is 23.4 Å². The van der Waals surface area contributed by atoms with Crippen LogP contribution in [0.15, 0.2) is 49.1 Å². The molecule has 0 spiro atoms. The zero-order valence-corrected chi connectivity index (χ0v) is 27.0. The maximum Gasteiger partial charge on any atom is 0.252 e. The molecule has 11 heteroatoms. The summed E-state index contributed by atoms with van der Waals surface area (Å²) in [4.78, 5) is 42.8. The molecule has 2 aromatic heterocycles. The Kier molecular flexibility index (Phi) is 10.2. The van der Waals surface area contributed by atoms with Gasteiger partial charge in [0.1, 0.15) is 17.7 Å². The Morgan fingerprint density at radius 3 is 2.63 bits per heavy atom. The molecule has 1 aromatic carbocycles. The summed E-state index contributed by atoms with van der Waals surface area (Å²) in [6.45, 7) is 7.54. The molecule has 2 aliphatic heterocycles. The average Bonchev–Trinajstić information content (AvgIpc) is 3.35. The predicted molar refractivity (Wildman–Crippen MR) is 177 cm³/mol. The molecule has 4 atom stereocenters. The van der Waals surface area contributed by atoms with E-state index in [1.807, 2.05) is 42.1 Å². The van der Waals surface area contributed by atoms with Gasteiger partial charge in [-0.05, 0) is 73.4 Å². The van der Waals surface area contributed by atoms with Crippen molar-refractivity contribution in [3.63, 3.8) is 0 Å². The van der Waals surface area contributed by atoms with Gasteiger partial charge in [-0.2, -0.15) is 0 Å². The molecule has 1 aliphatic carbocycles. The lowest BCUT2D eigenvalue weighted by Crippen LogP contribution is -2.65. The van der Waals surface area contributed by atoms with E-state index in [4.69, 9.17) is 16.6 Å². The minimum absolute atomic E-state index is 0. The Labute approximate surface area is 277 Å². The second kappa shape index (κ2) is 13.8. The Morgan fingerprint density at radius 2 is 1.89 bits per heavy atom. The maximum absolute atomic E-state index is 14.5. The third-order valence-corrected chi connectivity index (χ3v) is 9.82. The quantitative estimate of drug-likeness (QED) is 0.419. The summed E-state index contributed by atoms with van der Waals surface area (Å²) in [5.41, 5.74) is 4.10. The van der Waals surface area contributed by atoms with Gasteiger partial charge in [0.2, 0.25) is 5.91 Å². The van der Waals surface area contributed by atoms with E-state index in [1.54, 1.807) is 30.0 Å². The van der Waals surface area contributed by atoms with E-state index in [9.17, 15) is 19.8 Å². The van der Waals surface area contributed by atoms with E-state index in [-0.39, 0.29) is 44.9 Å². The van der Waals surface area contributed by atoms with Gasteiger partial charge in [0, 0.05) is 43.6 Å².